The minimum atomic E-state index is -0.238. The number of aryl methyl sites for hydroxylation is 1. The number of amides is 2. The summed E-state index contributed by atoms with van der Waals surface area (Å²) in [5.74, 6) is 0.591. The highest BCUT2D eigenvalue weighted by atomic mass is 32.1. The van der Waals surface area contributed by atoms with Crippen molar-refractivity contribution in [2.75, 3.05) is 5.32 Å². The lowest BCUT2D eigenvalue weighted by atomic mass is 10.3. The molecule has 5 heteroatoms. The van der Waals surface area contributed by atoms with Gasteiger partial charge >= 0.3 is 6.03 Å². The maximum Gasteiger partial charge on any atom is 0.320 e. The van der Waals surface area contributed by atoms with E-state index in [9.17, 15) is 4.79 Å². The van der Waals surface area contributed by atoms with Gasteiger partial charge in [-0.15, -0.1) is 11.3 Å². The van der Waals surface area contributed by atoms with Crippen LogP contribution in [-0.4, -0.2) is 11.0 Å². The van der Waals surface area contributed by atoms with E-state index in [1.807, 2.05) is 43.5 Å². The van der Waals surface area contributed by atoms with Gasteiger partial charge in [0.15, 0.2) is 0 Å². The number of aromatic nitrogens is 1. The van der Waals surface area contributed by atoms with Gasteiger partial charge in [-0.25, -0.2) is 9.78 Å². The van der Waals surface area contributed by atoms with Crippen LogP contribution in [0.2, 0.25) is 0 Å². The topological polar surface area (TPSA) is 54.0 Å². The van der Waals surface area contributed by atoms with Crippen LogP contribution >= 0.6 is 11.3 Å². The standard InChI is InChI=1S/C13H15N3OS/c1-9-5-3-7-14-12(9)16-13(17)15-10(2)11-6-4-8-18-11/h3-8,10H,1-2H3,(H2,14,15,16,17). The van der Waals surface area contributed by atoms with E-state index in [0.29, 0.717) is 5.82 Å². The molecule has 2 aromatic rings. The molecule has 0 aliphatic carbocycles. The number of nitrogens with one attached hydrogen (secondary N) is 2. The molecule has 2 amide bonds. The molecule has 0 aromatic carbocycles. The van der Waals surface area contributed by atoms with Gasteiger partial charge in [0.2, 0.25) is 0 Å². The first kappa shape index (κ1) is 12.6. The zero-order chi connectivity index (χ0) is 13.0. The third kappa shape index (κ3) is 3.07. The van der Waals surface area contributed by atoms with Crippen LogP contribution in [0.25, 0.3) is 0 Å². The summed E-state index contributed by atoms with van der Waals surface area (Å²) in [6.07, 6.45) is 1.66. The predicted molar refractivity (Wildman–Crippen MR) is 73.9 cm³/mol. The highest BCUT2D eigenvalue weighted by Gasteiger charge is 2.11. The zero-order valence-electron chi connectivity index (χ0n) is 10.3. The van der Waals surface area contributed by atoms with Crippen molar-refractivity contribution in [2.24, 2.45) is 0 Å². The lowest BCUT2D eigenvalue weighted by molar-refractivity contribution is 0.249. The number of anilines is 1. The van der Waals surface area contributed by atoms with Crippen LogP contribution in [0.1, 0.15) is 23.4 Å². The molecule has 0 aliphatic rings. The quantitative estimate of drug-likeness (QED) is 0.890. The molecule has 0 bridgehead atoms. The third-order valence-electron chi connectivity index (χ3n) is 2.56. The number of thiophene rings is 1. The number of pyridine rings is 1. The Balaban J connectivity index is 1.95. The Bertz CT molecular complexity index is 525. The maximum atomic E-state index is 11.8. The second-order valence-corrected chi connectivity index (χ2v) is 4.98. The summed E-state index contributed by atoms with van der Waals surface area (Å²) in [7, 11) is 0. The number of hydrogen-bond acceptors (Lipinski definition) is 3. The SMILES string of the molecule is Cc1cccnc1NC(=O)NC(C)c1cccs1. The van der Waals surface area contributed by atoms with Crippen molar-refractivity contribution in [3.05, 3.63) is 46.3 Å². The van der Waals surface area contributed by atoms with Crippen LogP contribution in [-0.2, 0) is 0 Å². The molecule has 0 radical (unpaired) electrons. The molecule has 2 N–H and O–H groups in total. The second-order valence-electron chi connectivity index (χ2n) is 4.00. The summed E-state index contributed by atoms with van der Waals surface area (Å²) >= 11 is 1.62. The average molecular weight is 261 g/mol. The van der Waals surface area contributed by atoms with E-state index in [1.165, 1.54) is 0 Å². The lowest BCUT2D eigenvalue weighted by Crippen LogP contribution is -2.31. The molecular formula is C13H15N3OS. The first-order chi connectivity index (χ1) is 8.66. The molecule has 0 saturated carbocycles. The summed E-state index contributed by atoms with van der Waals surface area (Å²) in [5, 5.41) is 7.62. The normalized spacial score (nSPS) is 11.9. The minimum absolute atomic E-state index is 0.00554. The van der Waals surface area contributed by atoms with Gasteiger partial charge in [-0.3, -0.25) is 5.32 Å². The van der Waals surface area contributed by atoms with Gasteiger partial charge < -0.3 is 5.32 Å². The smallest absolute Gasteiger partial charge is 0.320 e. The number of hydrogen-bond donors (Lipinski definition) is 2. The molecule has 18 heavy (non-hydrogen) atoms. The van der Waals surface area contributed by atoms with E-state index in [2.05, 4.69) is 15.6 Å². The molecule has 0 saturated heterocycles. The summed E-state index contributed by atoms with van der Waals surface area (Å²) in [5.41, 5.74) is 0.941. The lowest BCUT2D eigenvalue weighted by Gasteiger charge is -2.13. The molecular weight excluding hydrogens is 246 g/mol. The van der Waals surface area contributed by atoms with E-state index in [-0.39, 0.29) is 12.1 Å². The maximum absolute atomic E-state index is 11.8. The van der Waals surface area contributed by atoms with Gasteiger partial charge in [0.1, 0.15) is 5.82 Å². The summed E-state index contributed by atoms with van der Waals surface area (Å²) in [6.45, 7) is 3.86. The van der Waals surface area contributed by atoms with Gasteiger partial charge in [-0.05, 0) is 36.9 Å². The van der Waals surface area contributed by atoms with Crippen LogP contribution < -0.4 is 10.6 Å². The van der Waals surface area contributed by atoms with Crippen LogP contribution in [0.4, 0.5) is 10.6 Å². The summed E-state index contributed by atoms with van der Waals surface area (Å²) in [4.78, 5) is 17.1. The zero-order valence-corrected chi connectivity index (χ0v) is 11.1. The molecule has 0 fully saturated rings. The van der Waals surface area contributed by atoms with Crippen molar-refractivity contribution in [2.45, 2.75) is 19.9 Å². The number of carbonyl (C=O) groups is 1. The van der Waals surface area contributed by atoms with Gasteiger partial charge in [0.25, 0.3) is 0 Å². The highest BCUT2D eigenvalue weighted by molar-refractivity contribution is 7.10. The van der Waals surface area contributed by atoms with E-state index < -0.39 is 0 Å². The Hall–Kier alpha value is -1.88. The van der Waals surface area contributed by atoms with Crippen LogP contribution in [0, 0.1) is 6.92 Å². The summed E-state index contributed by atoms with van der Waals surface area (Å²) < 4.78 is 0. The Morgan fingerprint density at radius 3 is 2.89 bits per heavy atom. The van der Waals surface area contributed by atoms with E-state index in [0.717, 1.165) is 10.4 Å². The first-order valence-electron chi connectivity index (χ1n) is 5.69. The Morgan fingerprint density at radius 2 is 2.22 bits per heavy atom. The van der Waals surface area contributed by atoms with Crippen molar-refractivity contribution in [1.82, 2.24) is 10.3 Å². The molecule has 0 aliphatic heterocycles. The number of nitrogens with zero attached hydrogens (tertiary/aromatic N) is 1. The molecule has 2 aromatic heterocycles. The molecule has 0 spiro atoms. The molecule has 94 valence electrons. The monoisotopic (exact) mass is 261 g/mol. The van der Waals surface area contributed by atoms with Crippen LogP contribution in [0.5, 0.6) is 0 Å². The number of urea groups is 1. The van der Waals surface area contributed by atoms with Gasteiger partial charge in [0, 0.05) is 11.1 Å². The molecule has 1 atom stereocenters. The van der Waals surface area contributed by atoms with Crippen molar-refractivity contribution < 1.29 is 4.79 Å². The summed E-state index contributed by atoms with van der Waals surface area (Å²) in [6, 6.07) is 7.48. The van der Waals surface area contributed by atoms with E-state index >= 15 is 0 Å². The molecule has 4 nitrogen and oxygen atoms in total. The highest BCUT2D eigenvalue weighted by Crippen LogP contribution is 2.18. The fourth-order valence-corrected chi connectivity index (χ4v) is 2.30. The van der Waals surface area contributed by atoms with Gasteiger partial charge in [-0.1, -0.05) is 12.1 Å². The van der Waals surface area contributed by atoms with Gasteiger partial charge in [0.05, 0.1) is 6.04 Å². The van der Waals surface area contributed by atoms with Gasteiger partial charge in [-0.2, -0.15) is 0 Å². The molecule has 2 heterocycles. The molecule has 2 rings (SSSR count). The molecule has 1 unspecified atom stereocenters. The largest absolute Gasteiger partial charge is 0.330 e. The predicted octanol–water partition coefficient (Wildman–Crippen LogP) is 3.33. The Kier molecular flexibility index (Phi) is 3.94. The Morgan fingerprint density at radius 1 is 1.39 bits per heavy atom. The average Bonchev–Trinajstić information content (AvgIpc) is 2.85. The van der Waals surface area contributed by atoms with Crippen LogP contribution in [0.15, 0.2) is 35.8 Å². The van der Waals surface area contributed by atoms with E-state index in [1.54, 1.807) is 17.5 Å². The fourth-order valence-electron chi connectivity index (χ4n) is 1.57. The van der Waals surface area contributed by atoms with Crippen LogP contribution in [0.3, 0.4) is 0 Å². The second kappa shape index (κ2) is 5.64. The third-order valence-corrected chi connectivity index (χ3v) is 3.61. The number of carbonyl (C=O) groups excluding carboxylic acids is 1. The van der Waals surface area contributed by atoms with E-state index in [4.69, 9.17) is 0 Å². The minimum Gasteiger partial charge on any atom is -0.330 e. The number of rotatable bonds is 3. The van der Waals surface area contributed by atoms with Crippen molar-refractivity contribution in [3.8, 4) is 0 Å². The van der Waals surface area contributed by atoms with Crippen molar-refractivity contribution in [1.29, 1.82) is 0 Å². The fraction of sp³-hybridized carbons (Fsp3) is 0.231. The van der Waals surface area contributed by atoms with Crippen molar-refractivity contribution in [3.63, 3.8) is 0 Å². The van der Waals surface area contributed by atoms with Crippen molar-refractivity contribution >= 4 is 23.2 Å². The Labute approximate surface area is 110 Å². The first-order valence-corrected chi connectivity index (χ1v) is 6.57.